The lowest BCUT2D eigenvalue weighted by Crippen LogP contribution is -2.30. The smallest absolute Gasteiger partial charge is 0.462 e. The number of aliphatic hydroxyl groups excluding tert-OH is 1. The predicted octanol–water partition coefficient (Wildman–Crippen LogP) is 19.2. The predicted molar refractivity (Wildman–Crippen MR) is 349 cm³/mol. The molecule has 19 heteroatoms. The van der Waals surface area contributed by atoms with E-state index in [0.717, 1.165) is 115 Å². The van der Waals surface area contributed by atoms with Crippen LogP contribution in [-0.4, -0.2) is 96.7 Å². The molecule has 0 saturated carbocycles. The van der Waals surface area contributed by atoms with Crippen molar-refractivity contribution >= 4 is 39.5 Å². The van der Waals surface area contributed by atoms with Crippen LogP contribution in [0.4, 0.5) is 0 Å². The molecule has 0 aliphatic rings. The minimum atomic E-state index is -4.95. The zero-order valence-corrected chi connectivity index (χ0v) is 58.1. The summed E-state index contributed by atoms with van der Waals surface area (Å²) in [7, 11) is -9.89. The molecular weight excluding hydrogens is 1150 g/mol. The van der Waals surface area contributed by atoms with Gasteiger partial charge < -0.3 is 33.8 Å². The molecular formula is C68H132O17P2. The quantitative estimate of drug-likeness (QED) is 0.0222. The summed E-state index contributed by atoms with van der Waals surface area (Å²) in [6, 6.07) is 0. The number of carbonyl (C=O) groups excluding carboxylic acids is 4. The van der Waals surface area contributed by atoms with Crippen molar-refractivity contribution in [2.75, 3.05) is 39.6 Å². The third kappa shape index (κ3) is 62.6. The van der Waals surface area contributed by atoms with Gasteiger partial charge in [-0.1, -0.05) is 292 Å². The van der Waals surface area contributed by atoms with Crippen molar-refractivity contribution in [1.29, 1.82) is 0 Å². The Morgan fingerprint density at radius 3 is 0.782 bits per heavy atom. The summed E-state index contributed by atoms with van der Waals surface area (Å²) in [5, 5.41) is 10.5. The van der Waals surface area contributed by atoms with Crippen LogP contribution in [0.15, 0.2) is 0 Å². The highest BCUT2D eigenvalue weighted by molar-refractivity contribution is 7.47. The first-order valence-electron chi connectivity index (χ1n) is 35.5. The summed E-state index contributed by atoms with van der Waals surface area (Å²) in [4.78, 5) is 72.2. The third-order valence-corrected chi connectivity index (χ3v) is 17.6. The van der Waals surface area contributed by atoms with Crippen LogP contribution in [0.3, 0.4) is 0 Å². The van der Waals surface area contributed by atoms with Gasteiger partial charge in [-0.05, 0) is 37.5 Å². The number of esters is 4. The second kappa shape index (κ2) is 60.3. The fraction of sp³-hybridized carbons (Fsp3) is 0.941. The fourth-order valence-corrected chi connectivity index (χ4v) is 11.8. The molecule has 0 amide bonds. The van der Waals surface area contributed by atoms with Gasteiger partial charge in [-0.25, -0.2) is 9.13 Å². The van der Waals surface area contributed by atoms with E-state index >= 15 is 0 Å². The van der Waals surface area contributed by atoms with Gasteiger partial charge in [0.2, 0.25) is 0 Å². The maximum absolute atomic E-state index is 13.0. The van der Waals surface area contributed by atoms with Gasteiger partial charge in [0.1, 0.15) is 19.3 Å². The van der Waals surface area contributed by atoms with E-state index < -0.39 is 97.5 Å². The molecule has 2 unspecified atom stereocenters. The second-order valence-corrected chi connectivity index (χ2v) is 28.4. The first kappa shape index (κ1) is 85.1. The molecule has 0 aliphatic carbocycles. The fourth-order valence-electron chi connectivity index (χ4n) is 10.2. The molecule has 516 valence electrons. The van der Waals surface area contributed by atoms with E-state index in [9.17, 15) is 43.2 Å². The number of hydrogen-bond acceptors (Lipinski definition) is 15. The average Bonchev–Trinajstić information content (AvgIpc) is 3.69. The first-order chi connectivity index (χ1) is 41.9. The van der Waals surface area contributed by atoms with Gasteiger partial charge >= 0.3 is 39.5 Å². The van der Waals surface area contributed by atoms with Crippen molar-refractivity contribution < 1.29 is 80.2 Å². The number of ether oxygens (including phenoxy) is 4. The summed E-state index contributed by atoms with van der Waals surface area (Å²) >= 11 is 0. The van der Waals surface area contributed by atoms with Gasteiger partial charge in [-0.15, -0.1) is 0 Å². The standard InChI is InChI=1S/C68H132O17P2/c1-7-9-11-13-15-32-38-44-50-65(70)78-56-63(84-67(72)52-46-40-33-16-14-12-10-8-2)58-82-86(74,75)80-54-62(69)55-81-87(76,77)83-59-64(57-79-66(71)51-45-39-34-28-25-24-27-31-37-43-49-61(5)6)85-68(73)53-47-41-35-29-23-21-19-17-18-20-22-26-30-36-42-48-60(3)4/h60-64,69H,7-59H2,1-6H3,(H,74,75)(H,76,77)/t62-,63+,64+/m0/s1. The Balaban J connectivity index is 5.18. The van der Waals surface area contributed by atoms with Gasteiger partial charge in [-0.2, -0.15) is 0 Å². The molecule has 87 heavy (non-hydrogen) atoms. The van der Waals surface area contributed by atoms with Crippen molar-refractivity contribution in [1.82, 2.24) is 0 Å². The molecule has 17 nitrogen and oxygen atoms in total. The molecule has 0 radical (unpaired) electrons. The summed E-state index contributed by atoms with van der Waals surface area (Å²) in [6.07, 6.45) is 44.6. The third-order valence-electron chi connectivity index (χ3n) is 15.7. The van der Waals surface area contributed by atoms with Crippen LogP contribution in [0.1, 0.15) is 343 Å². The zero-order chi connectivity index (χ0) is 64.3. The number of phosphoric ester groups is 2. The number of phosphoric acid groups is 2. The molecule has 0 saturated heterocycles. The van der Waals surface area contributed by atoms with Crippen LogP contribution in [0.2, 0.25) is 0 Å². The zero-order valence-electron chi connectivity index (χ0n) is 56.3. The van der Waals surface area contributed by atoms with Crippen LogP contribution in [0.25, 0.3) is 0 Å². The van der Waals surface area contributed by atoms with E-state index in [2.05, 4.69) is 41.5 Å². The molecule has 0 aliphatic heterocycles. The molecule has 0 bridgehead atoms. The second-order valence-electron chi connectivity index (χ2n) is 25.5. The van der Waals surface area contributed by atoms with Crippen LogP contribution in [0.5, 0.6) is 0 Å². The number of rotatable bonds is 67. The molecule has 0 aromatic carbocycles. The summed E-state index contributed by atoms with van der Waals surface area (Å²) < 4.78 is 68.0. The van der Waals surface area contributed by atoms with Crippen LogP contribution in [-0.2, 0) is 65.4 Å². The molecule has 0 spiro atoms. The highest BCUT2D eigenvalue weighted by atomic mass is 31.2. The van der Waals surface area contributed by atoms with Crippen LogP contribution in [0, 0.1) is 11.8 Å². The van der Waals surface area contributed by atoms with Crippen molar-refractivity contribution in [2.24, 2.45) is 11.8 Å². The minimum absolute atomic E-state index is 0.105. The lowest BCUT2D eigenvalue weighted by Gasteiger charge is -2.21. The molecule has 0 fully saturated rings. The molecule has 0 rings (SSSR count). The largest absolute Gasteiger partial charge is 0.472 e. The number of unbranched alkanes of at least 4 members (excludes halogenated alkanes) is 37. The maximum Gasteiger partial charge on any atom is 0.472 e. The van der Waals surface area contributed by atoms with Crippen LogP contribution >= 0.6 is 15.6 Å². The van der Waals surface area contributed by atoms with E-state index in [-0.39, 0.29) is 25.7 Å². The van der Waals surface area contributed by atoms with E-state index in [1.165, 1.54) is 148 Å². The average molecular weight is 1280 g/mol. The molecule has 3 N–H and O–H groups in total. The Labute approximate surface area is 530 Å². The Morgan fingerprint density at radius 2 is 0.529 bits per heavy atom. The minimum Gasteiger partial charge on any atom is -0.462 e. The normalized spacial score (nSPS) is 14.2. The topological polar surface area (TPSA) is 237 Å². The van der Waals surface area contributed by atoms with Crippen molar-refractivity contribution in [3.05, 3.63) is 0 Å². The van der Waals surface area contributed by atoms with Gasteiger partial charge in [0.15, 0.2) is 12.2 Å². The Hall–Kier alpha value is -1.94. The van der Waals surface area contributed by atoms with E-state index in [0.29, 0.717) is 25.7 Å². The van der Waals surface area contributed by atoms with Crippen LogP contribution < -0.4 is 0 Å². The lowest BCUT2D eigenvalue weighted by atomic mass is 10.0. The van der Waals surface area contributed by atoms with Gasteiger partial charge in [0.25, 0.3) is 0 Å². The summed E-state index contributed by atoms with van der Waals surface area (Å²) in [5.74, 6) is -0.571. The Kier molecular flexibility index (Phi) is 59.0. The molecule has 0 aromatic heterocycles. The number of aliphatic hydroxyl groups is 1. The van der Waals surface area contributed by atoms with Crippen molar-refractivity contribution in [2.45, 2.75) is 362 Å². The Bertz CT molecular complexity index is 1700. The molecule has 5 atom stereocenters. The highest BCUT2D eigenvalue weighted by Gasteiger charge is 2.30. The number of carbonyl (C=O) groups is 4. The summed E-state index contributed by atoms with van der Waals surface area (Å²) in [6.45, 7) is 9.50. The highest BCUT2D eigenvalue weighted by Crippen LogP contribution is 2.45. The first-order valence-corrected chi connectivity index (χ1v) is 38.5. The van der Waals surface area contributed by atoms with E-state index in [4.69, 9.17) is 37.0 Å². The van der Waals surface area contributed by atoms with Crippen molar-refractivity contribution in [3.8, 4) is 0 Å². The van der Waals surface area contributed by atoms with Gasteiger partial charge in [-0.3, -0.25) is 37.3 Å². The molecule has 0 heterocycles. The number of hydrogen-bond donors (Lipinski definition) is 3. The summed E-state index contributed by atoms with van der Waals surface area (Å²) in [5.41, 5.74) is 0. The molecule has 0 aromatic rings. The SMILES string of the molecule is CCCCCCCCCCC(=O)OC[C@H](COP(=O)(O)OC[C@H](O)COP(=O)(O)OC[C@@H](COC(=O)CCCCCCCCCCCCC(C)C)OC(=O)CCCCCCCCCCCCCCCCCC(C)C)OC(=O)CCCCCCCCCC. The van der Waals surface area contributed by atoms with Gasteiger partial charge in [0, 0.05) is 25.7 Å². The monoisotopic (exact) mass is 1280 g/mol. The Morgan fingerprint density at radius 1 is 0.310 bits per heavy atom. The van der Waals surface area contributed by atoms with E-state index in [1.54, 1.807) is 0 Å². The van der Waals surface area contributed by atoms with Crippen molar-refractivity contribution in [3.63, 3.8) is 0 Å². The maximum atomic E-state index is 13.0. The van der Waals surface area contributed by atoms with E-state index in [1.807, 2.05) is 0 Å². The van der Waals surface area contributed by atoms with Gasteiger partial charge in [0.05, 0.1) is 26.4 Å². The lowest BCUT2D eigenvalue weighted by molar-refractivity contribution is -0.161.